The van der Waals surface area contributed by atoms with E-state index >= 15 is 0 Å². The van der Waals surface area contributed by atoms with E-state index in [-0.39, 0.29) is 11.7 Å². The number of rotatable bonds is 5. The van der Waals surface area contributed by atoms with E-state index in [4.69, 9.17) is 4.74 Å². The van der Waals surface area contributed by atoms with Gasteiger partial charge >= 0.3 is 0 Å². The van der Waals surface area contributed by atoms with Gasteiger partial charge in [-0.15, -0.1) is 0 Å². The van der Waals surface area contributed by atoms with Crippen molar-refractivity contribution in [3.63, 3.8) is 0 Å². The summed E-state index contributed by atoms with van der Waals surface area (Å²) in [6.07, 6.45) is 0. The number of thiazole rings is 1. The number of anilines is 1. The lowest BCUT2D eigenvalue weighted by molar-refractivity contribution is 0.0391. The van der Waals surface area contributed by atoms with Crippen LogP contribution in [0.2, 0.25) is 0 Å². The highest BCUT2D eigenvalue weighted by Gasteiger charge is 2.24. The minimum atomic E-state index is -0.303. The van der Waals surface area contributed by atoms with Crippen LogP contribution in [-0.2, 0) is 4.74 Å². The van der Waals surface area contributed by atoms with Crippen molar-refractivity contribution >= 4 is 43.4 Å². The van der Waals surface area contributed by atoms with Crippen LogP contribution in [0.3, 0.4) is 0 Å². The molecule has 1 aliphatic heterocycles. The minimum absolute atomic E-state index is 0.0930. The number of fused-ring (bicyclic) bond motifs is 2. The first-order valence-corrected chi connectivity index (χ1v) is 11.2. The molecule has 0 radical (unpaired) electrons. The van der Waals surface area contributed by atoms with Crippen molar-refractivity contribution in [1.29, 1.82) is 0 Å². The SMILES string of the molecule is O=C(c1cccc2ccccc12)N(CCN1CCOCC1)c1nc2ccc(F)cc2s1. The maximum atomic E-state index is 13.8. The number of benzene rings is 3. The van der Waals surface area contributed by atoms with Gasteiger partial charge in [0.25, 0.3) is 5.91 Å². The van der Waals surface area contributed by atoms with Crippen LogP contribution in [-0.4, -0.2) is 55.2 Å². The smallest absolute Gasteiger partial charge is 0.260 e. The van der Waals surface area contributed by atoms with E-state index in [1.807, 2.05) is 42.5 Å². The van der Waals surface area contributed by atoms with E-state index < -0.39 is 0 Å². The number of carbonyl (C=O) groups is 1. The van der Waals surface area contributed by atoms with Crippen LogP contribution in [0, 0.1) is 5.82 Å². The van der Waals surface area contributed by atoms with Crippen molar-refractivity contribution < 1.29 is 13.9 Å². The third-order valence-corrected chi connectivity index (χ3v) is 6.62. The van der Waals surface area contributed by atoms with E-state index in [2.05, 4.69) is 9.88 Å². The standard InChI is InChI=1S/C24H22FN3O2S/c25-18-8-9-21-22(16-18)31-24(26-21)28(11-10-27-12-14-30-15-13-27)23(29)20-7-3-5-17-4-1-2-6-19(17)20/h1-9,16H,10-15H2. The van der Waals surface area contributed by atoms with Gasteiger partial charge in [0.2, 0.25) is 0 Å². The molecule has 1 saturated heterocycles. The number of hydrogen-bond donors (Lipinski definition) is 0. The molecule has 0 aliphatic carbocycles. The Bertz CT molecular complexity index is 1230. The Labute approximate surface area is 183 Å². The molecule has 158 valence electrons. The zero-order chi connectivity index (χ0) is 21.2. The maximum Gasteiger partial charge on any atom is 0.260 e. The largest absolute Gasteiger partial charge is 0.379 e. The molecule has 0 saturated carbocycles. The van der Waals surface area contributed by atoms with Gasteiger partial charge in [0.05, 0.1) is 23.4 Å². The topological polar surface area (TPSA) is 45.7 Å². The summed E-state index contributed by atoms with van der Waals surface area (Å²) < 4.78 is 19.9. The summed E-state index contributed by atoms with van der Waals surface area (Å²) in [7, 11) is 0. The molecule has 1 amide bonds. The summed E-state index contributed by atoms with van der Waals surface area (Å²) in [5.74, 6) is -0.396. The average Bonchev–Trinajstić information content (AvgIpc) is 3.22. The minimum Gasteiger partial charge on any atom is -0.379 e. The van der Waals surface area contributed by atoms with Crippen molar-refractivity contribution in [1.82, 2.24) is 9.88 Å². The highest BCUT2D eigenvalue weighted by molar-refractivity contribution is 7.22. The van der Waals surface area contributed by atoms with Gasteiger partial charge in [-0.2, -0.15) is 0 Å². The number of morpholine rings is 1. The molecule has 2 heterocycles. The molecule has 4 aromatic rings. The Morgan fingerprint density at radius 3 is 2.77 bits per heavy atom. The predicted molar refractivity (Wildman–Crippen MR) is 122 cm³/mol. The van der Waals surface area contributed by atoms with Crippen molar-refractivity contribution in [3.8, 4) is 0 Å². The zero-order valence-electron chi connectivity index (χ0n) is 17.0. The number of halogens is 1. The quantitative estimate of drug-likeness (QED) is 0.461. The summed E-state index contributed by atoms with van der Waals surface area (Å²) in [4.78, 5) is 22.4. The fourth-order valence-electron chi connectivity index (χ4n) is 3.91. The second kappa shape index (κ2) is 8.70. The second-order valence-corrected chi connectivity index (χ2v) is 8.56. The van der Waals surface area contributed by atoms with Gasteiger partial charge in [-0.05, 0) is 35.0 Å². The molecule has 0 N–H and O–H groups in total. The van der Waals surface area contributed by atoms with Crippen molar-refractivity contribution in [2.45, 2.75) is 0 Å². The highest BCUT2D eigenvalue weighted by Crippen LogP contribution is 2.31. The lowest BCUT2D eigenvalue weighted by Crippen LogP contribution is -2.43. The van der Waals surface area contributed by atoms with Crippen LogP contribution in [0.4, 0.5) is 9.52 Å². The third kappa shape index (κ3) is 4.17. The molecule has 7 heteroatoms. The van der Waals surface area contributed by atoms with Gasteiger partial charge in [-0.3, -0.25) is 14.6 Å². The molecule has 5 rings (SSSR count). The lowest BCUT2D eigenvalue weighted by atomic mass is 10.0. The van der Waals surface area contributed by atoms with Gasteiger partial charge in [0.1, 0.15) is 5.82 Å². The summed E-state index contributed by atoms with van der Waals surface area (Å²) in [5, 5.41) is 2.53. The molecule has 1 aliphatic rings. The fourth-order valence-corrected chi connectivity index (χ4v) is 4.92. The monoisotopic (exact) mass is 435 g/mol. The second-order valence-electron chi connectivity index (χ2n) is 7.55. The van der Waals surface area contributed by atoms with Crippen LogP contribution in [0.25, 0.3) is 21.0 Å². The Hall–Kier alpha value is -2.87. The third-order valence-electron chi connectivity index (χ3n) is 5.58. The summed E-state index contributed by atoms with van der Waals surface area (Å²) in [6.45, 7) is 4.34. The van der Waals surface area contributed by atoms with E-state index in [0.717, 1.165) is 35.1 Å². The number of aromatic nitrogens is 1. The summed E-state index contributed by atoms with van der Waals surface area (Å²) in [5.41, 5.74) is 1.34. The zero-order valence-corrected chi connectivity index (χ0v) is 17.8. The van der Waals surface area contributed by atoms with E-state index in [0.29, 0.717) is 36.0 Å². The average molecular weight is 436 g/mol. The molecule has 0 atom stereocenters. The van der Waals surface area contributed by atoms with Crippen molar-refractivity contribution in [2.75, 3.05) is 44.3 Å². The molecule has 5 nitrogen and oxygen atoms in total. The molecule has 31 heavy (non-hydrogen) atoms. The van der Waals surface area contributed by atoms with Gasteiger partial charge in [-0.1, -0.05) is 47.7 Å². The first kappa shape index (κ1) is 20.1. The molecule has 1 fully saturated rings. The molecule has 0 spiro atoms. The highest BCUT2D eigenvalue weighted by atomic mass is 32.1. The van der Waals surface area contributed by atoms with Crippen molar-refractivity contribution in [3.05, 3.63) is 72.0 Å². The van der Waals surface area contributed by atoms with Crippen LogP contribution in [0.15, 0.2) is 60.7 Å². The first-order chi connectivity index (χ1) is 15.2. The van der Waals surface area contributed by atoms with E-state index in [1.54, 1.807) is 11.0 Å². The Morgan fingerprint density at radius 2 is 1.90 bits per heavy atom. The van der Waals surface area contributed by atoms with Crippen LogP contribution < -0.4 is 4.90 Å². The maximum absolute atomic E-state index is 13.8. The molecule has 0 unspecified atom stereocenters. The molecule has 1 aromatic heterocycles. The first-order valence-electron chi connectivity index (χ1n) is 10.3. The van der Waals surface area contributed by atoms with Crippen LogP contribution in [0.1, 0.15) is 10.4 Å². The molecule has 0 bridgehead atoms. The van der Waals surface area contributed by atoms with Crippen LogP contribution >= 0.6 is 11.3 Å². The Balaban J connectivity index is 1.52. The predicted octanol–water partition coefficient (Wildman–Crippen LogP) is 4.57. The van der Waals surface area contributed by atoms with E-state index in [1.165, 1.54) is 23.5 Å². The summed E-state index contributed by atoms with van der Waals surface area (Å²) >= 11 is 1.35. The summed E-state index contributed by atoms with van der Waals surface area (Å²) in [6, 6.07) is 18.2. The van der Waals surface area contributed by atoms with Gasteiger partial charge in [-0.25, -0.2) is 9.37 Å². The fraction of sp³-hybridized carbons (Fsp3) is 0.250. The van der Waals surface area contributed by atoms with Crippen molar-refractivity contribution in [2.24, 2.45) is 0 Å². The number of ether oxygens (including phenoxy) is 1. The van der Waals surface area contributed by atoms with Gasteiger partial charge in [0.15, 0.2) is 5.13 Å². The number of hydrogen-bond acceptors (Lipinski definition) is 5. The van der Waals surface area contributed by atoms with Gasteiger partial charge in [0, 0.05) is 31.7 Å². The molecule has 3 aromatic carbocycles. The molecular formula is C24H22FN3O2S. The lowest BCUT2D eigenvalue weighted by Gasteiger charge is -2.29. The normalized spacial score (nSPS) is 14.9. The number of carbonyl (C=O) groups excluding carboxylic acids is 1. The Morgan fingerprint density at radius 1 is 1.10 bits per heavy atom. The Kier molecular flexibility index (Phi) is 5.63. The number of amides is 1. The number of nitrogens with zero attached hydrogens (tertiary/aromatic N) is 3. The molecular weight excluding hydrogens is 413 g/mol. The van der Waals surface area contributed by atoms with Gasteiger partial charge < -0.3 is 4.74 Å². The van der Waals surface area contributed by atoms with Crippen LogP contribution in [0.5, 0.6) is 0 Å². The van der Waals surface area contributed by atoms with E-state index in [9.17, 15) is 9.18 Å².